The van der Waals surface area contributed by atoms with E-state index in [1.807, 2.05) is 0 Å². The number of nitrogens with zero attached hydrogens (tertiary/aromatic N) is 1. The molecule has 0 radical (unpaired) electrons. The van der Waals surface area contributed by atoms with Crippen molar-refractivity contribution in [3.63, 3.8) is 0 Å². The summed E-state index contributed by atoms with van der Waals surface area (Å²) >= 11 is 1.58. The first-order valence-electron chi connectivity index (χ1n) is 9.85. The minimum absolute atomic E-state index is 0.177. The summed E-state index contributed by atoms with van der Waals surface area (Å²) < 4.78 is 5.12. The summed E-state index contributed by atoms with van der Waals surface area (Å²) in [6.07, 6.45) is 7.05. The Labute approximate surface area is 163 Å². The van der Waals surface area contributed by atoms with E-state index in [1.54, 1.807) is 42.7 Å². The van der Waals surface area contributed by atoms with E-state index in [2.05, 4.69) is 16.2 Å². The predicted octanol–water partition coefficient (Wildman–Crippen LogP) is 4.45. The van der Waals surface area contributed by atoms with Gasteiger partial charge in [-0.05, 0) is 80.0 Å². The van der Waals surface area contributed by atoms with Crippen molar-refractivity contribution in [1.29, 1.82) is 0 Å². The lowest BCUT2D eigenvalue weighted by Gasteiger charge is -2.54. The van der Waals surface area contributed by atoms with E-state index in [1.165, 1.54) is 37.8 Å². The van der Waals surface area contributed by atoms with Crippen LogP contribution in [0, 0.1) is 23.7 Å². The first-order chi connectivity index (χ1) is 13.2. The molecule has 1 amide bonds. The van der Waals surface area contributed by atoms with Crippen LogP contribution in [0.1, 0.15) is 54.1 Å². The zero-order chi connectivity index (χ0) is 18.4. The van der Waals surface area contributed by atoms with Crippen molar-refractivity contribution >= 4 is 22.4 Å². The minimum atomic E-state index is -0.177. The van der Waals surface area contributed by atoms with Crippen LogP contribution in [0.5, 0.6) is 5.75 Å². The molecule has 142 valence electrons. The van der Waals surface area contributed by atoms with Crippen LogP contribution in [0.15, 0.2) is 29.6 Å². The third kappa shape index (κ3) is 3.20. The molecule has 1 heterocycles. The normalized spacial score (nSPS) is 30.9. The van der Waals surface area contributed by atoms with Gasteiger partial charge in [-0.1, -0.05) is 0 Å². The molecule has 6 heteroatoms. The number of methoxy groups -OCH3 is 1. The van der Waals surface area contributed by atoms with Crippen molar-refractivity contribution in [3.05, 3.63) is 40.9 Å². The molecule has 1 aromatic carbocycles. The summed E-state index contributed by atoms with van der Waals surface area (Å²) in [7, 11) is 1.61. The summed E-state index contributed by atoms with van der Waals surface area (Å²) in [4.78, 5) is 17.1. The van der Waals surface area contributed by atoms with Crippen molar-refractivity contribution in [2.45, 2.75) is 38.0 Å². The highest BCUT2D eigenvalue weighted by atomic mass is 32.1. The van der Waals surface area contributed by atoms with Gasteiger partial charge in [0.05, 0.1) is 12.8 Å². The molecule has 2 aromatic rings. The first kappa shape index (κ1) is 17.0. The molecule has 4 aliphatic rings. The fourth-order valence-electron chi connectivity index (χ4n) is 5.83. The molecule has 0 unspecified atom stereocenters. The van der Waals surface area contributed by atoms with Gasteiger partial charge in [0.2, 0.25) is 5.13 Å². The van der Waals surface area contributed by atoms with Gasteiger partial charge in [0.1, 0.15) is 5.75 Å². The second-order valence-corrected chi connectivity index (χ2v) is 9.20. The predicted molar refractivity (Wildman–Crippen MR) is 106 cm³/mol. The van der Waals surface area contributed by atoms with Crippen LogP contribution in [0.3, 0.4) is 0 Å². The quantitative estimate of drug-likeness (QED) is 0.749. The minimum Gasteiger partial charge on any atom is -0.497 e. The van der Waals surface area contributed by atoms with E-state index in [4.69, 9.17) is 9.72 Å². The number of hydrogen-bond acceptors (Lipinski definition) is 5. The van der Waals surface area contributed by atoms with Crippen LogP contribution in [0.25, 0.3) is 0 Å². The molecule has 6 rings (SSSR count). The van der Waals surface area contributed by atoms with Crippen molar-refractivity contribution in [3.8, 4) is 5.75 Å². The number of hydrazine groups is 1. The number of thiazole rings is 1. The smallest absolute Gasteiger partial charge is 0.269 e. The maximum atomic E-state index is 12.3. The zero-order valence-electron chi connectivity index (χ0n) is 15.5. The van der Waals surface area contributed by atoms with E-state index in [9.17, 15) is 4.79 Å². The second-order valence-electron chi connectivity index (χ2n) is 8.34. The third-order valence-electron chi connectivity index (χ3n) is 6.73. The number of aromatic nitrogens is 1. The Kier molecular flexibility index (Phi) is 4.31. The molecule has 0 atom stereocenters. The van der Waals surface area contributed by atoms with Gasteiger partial charge in [-0.2, -0.15) is 0 Å². The Morgan fingerprint density at radius 1 is 1.07 bits per heavy atom. The zero-order valence-corrected chi connectivity index (χ0v) is 16.3. The molecule has 5 nitrogen and oxygen atoms in total. The van der Waals surface area contributed by atoms with Gasteiger partial charge < -0.3 is 4.74 Å². The van der Waals surface area contributed by atoms with Crippen LogP contribution < -0.4 is 15.6 Å². The van der Waals surface area contributed by atoms with Gasteiger partial charge in [0.15, 0.2) is 0 Å². The fourth-order valence-corrected chi connectivity index (χ4v) is 6.54. The maximum Gasteiger partial charge on any atom is 0.269 e. The third-order valence-corrected chi connectivity index (χ3v) is 7.50. The Morgan fingerprint density at radius 3 is 2.37 bits per heavy atom. The van der Waals surface area contributed by atoms with Gasteiger partial charge in [0.25, 0.3) is 5.91 Å². The standard InChI is InChI=1S/C21H25N3O2S/c1-26-17-4-2-14(3-5-17)20(25)23-24-21-22-18(11-27-21)19-15-7-12-6-13(9-15)10-16(19)8-12/h2-5,11-13,15-16,19H,6-10H2,1H3,(H,22,24)(H,23,25). The number of rotatable bonds is 5. The summed E-state index contributed by atoms with van der Waals surface area (Å²) in [5.74, 6) is 4.79. The average Bonchev–Trinajstić information content (AvgIpc) is 3.14. The Bertz CT molecular complexity index is 804. The molecular formula is C21H25N3O2S. The van der Waals surface area contributed by atoms with Crippen LogP contribution in [-0.4, -0.2) is 18.0 Å². The van der Waals surface area contributed by atoms with Crippen molar-refractivity contribution < 1.29 is 9.53 Å². The maximum absolute atomic E-state index is 12.3. The molecule has 4 saturated carbocycles. The molecule has 4 bridgehead atoms. The lowest BCUT2D eigenvalue weighted by Crippen LogP contribution is -2.43. The summed E-state index contributed by atoms with van der Waals surface area (Å²) in [6.45, 7) is 0. The number of anilines is 1. The van der Waals surface area contributed by atoms with Gasteiger partial charge in [-0.15, -0.1) is 11.3 Å². The topological polar surface area (TPSA) is 63.2 Å². The van der Waals surface area contributed by atoms with Crippen LogP contribution in [0.4, 0.5) is 5.13 Å². The SMILES string of the molecule is COc1ccc(C(=O)NNc2nc(C3C4CC5CC(C4)CC3C5)cs2)cc1. The summed E-state index contributed by atoms with van der Waals surface area (Å²) in [6, 6.07) is 7.06. The van der Waals surface area contributed by atoms with E-state index in [-0.39, 0.29) is 5.91 Å². The Hall–Kier alpha value is -2.08. The largest absolute Gasteiger partial charge is 0.497 e. The number of nitrogens with one attached hydrogen (secondary N) is 2. The highest BCUT2D eigenvalue weighted by molar-refractivity contribution is 7.13. The highest BCUT2D eigenvalue weighted by Gasteiger charge is 2.49. The lowest BCUT2D eigenvalue weighted by atomic mass is 9.51. The van der Waals surface area contributed by atoms with Crippen molar-refractivity contribution in [2.75, 3.05) is 12.5 Å². The summed E-state index contributed by atoms with van der Waals surface area (Å²) in [5.41, 5.74) is 7.56. The van der Waals surface area contributed by atoms with Gasteiger partial charge in [0, 0.05) is 16.9 Å². The number of carbonyl (C=O) groups is 1. The van der Waals surface area contributed by atoms with Gasteiger partial charge in [-0.25, -0.2) is 4.98 Å². The Balaban J connectivity index is 1.23. The molecule has 0 aliphatic heterocycles. The Morgan fingerprint density at radius 2 is 1.74 bits per heavy atom. The van der Waals surface area contributed by atoms with Crippen molar-refractivity contribution in [2.24, 2.45) is 23.7 Å². The first-order valence-corrected chi connectivity index (χ1v) is 10.7. The number of carbonyl (C=O) groups excluding carboxylic acids is 1. The van der Waals surface area contributed by atoms with E-state index >= 15 is 0 Å². The van der Waals surface area contributed by atoms with Crippen molar-refractivity contribution in [1.82, 2.24) is 10.4 Å². The molecular weight excluding hydrogens is 358 g/mol. The summed E-state index contributed by atoms with van der Waals surface area (Å²) in [5, 5.41) is 2.95. The van der Waals surface area contributed by atoms with E-state index < -0.39 is 0 Å². The molecule has 0 spiro atoms. The second kappa shape index (κ2) is 6.82. The molecule has 1 aromatic heterocycles. The number of benzene rings is 1. The van der Waals surface area contributed by atoms with E-state index in [0.29, 0.717) is 11.5 Å². The lowest BCUT2D eigenvalue weighted by molar-refractivity contribution is -0.00393. The number of hydrogen-bond donors (Lipinski definition) is 2. The molecule has 2 N–H and O–H groups in total. The molecule has 4 fully saturated rings. The average molecular weight is 384 g/mol. The van der Waals surface area contributed by atoms with E-state index in [0.717, 1.165) is 34.6 Å². The molecule has 27 heavy (non-hydrogen) atoms. The van der Waals surface area contributed by atoms with Gasteiger partial charge >= 0.3 is 0 Å². The fraction of sp³-hybridized carbons (Fsp3) is 0.524. The van der Waals surface area contributed by atoms with Crippen LogP contribution >= 0.6 is 11.3 Å². The number of amides is 1. The molecule has 4 aliphatic carbocycles. The van der Waals surface area contributed by atoms with Crippen LogP contribution in [-0.2, 0) is 0 Å². The monoisotopic (exact) mass is 383 g/mol. The van der Waals surface area contributed by atoms with Crippen LogP contribution in [0.2, 0.25) is 0 Å². The highest BCUT2D eigenvalue weighted by Crippen LogP contribution is 2.59. The van der Waals surface area contributed by atoms with Gasteiger partial charge in [-0.3, -0.25) is 15.6 Å². The molecule has 0 saturated heterocycles. The number of ether oxygens (including phenoxy) is 1.